The Hall–Kier alpha value is -3.76. The standard InChI is InChI=1S/C26H21BrN2O4/c1-15-6-7-19(10-16(15)2)31-14-24(30)32-20-8-9-21-23(12-20)33-26(29)22(13-28)25(21)17-4-3-5-18(27)11-17/h3-12,25H,14,29H2,1-2H3. The van der Waals surface area contributed by atoms with Gasteiger partial charge in [-0.05, 0) is 60.9 Å². The van der Waals surface area contributed by atoms with Crippen LogP contribution in [-0.4, -0.2) is 12.6 Å². The minimum Gasteiger partial charge on any atom is -0.482 e. The molecule has 1 aliphatic heterocycles. The molecule has 4 rings (SSSR count). The minimum absolute atomic E-state index is 0.0246. The van der Waals surface area contributed by atoms with Crippen LogP contribution >= 0.6 is 15.9 Å². The van der Waals surface area contributed by atoms with E-state index in [1.807, 2.05) is 56.3 Å². The first-order valence-corrected chi connectivity index (χ1v) is 11.0. The van der Waals surface area contributed by atoms with E-state index in [2.05, 4.69) is 22.0 Å². The number of nitriles is 1. The zero-order chi connectivity index (χ0) is 23.5. The monoisotopic (exact) mass is 504 g/mol. The molecule has 0 amide bonds. The molecule has 3 aromatic carbocycles. The third-order valence-electron chi connectivity index (χ3n) is 5.44. The van der Waals surface area contributed by atoms with Crippen LogP contribution in [0.4, 0.5) is 0 Å². The van der Waals surface area contributed by atoms with Crippen molar-refractivity contribution >= 4 is 21.9 Å². The first-order chi connectivity index (χ1) is 15.9. The quantitative estimate of drug-likeness (QED) is 0.375. The SMILES string of the molecule is Cc1ccc(OCC(=O)Oc2ccc3c(c2)OC(N)=C(C#N)C3c2cccc(Br)c2)cc1C. The highest BCUT2D eigenvalue weighted by Crippen LogP contribution is 2.43. The van der Waals surface area contributed by atoms with Crippen LogP contribution in [0.5, 0.6) is 17.2 Å². The summed E-state index contributed by atoms with van der Waals surface area (Å²) in [6.07, 6.45) is 0. The fourth-order valence-corrected chi connectivity index (χ4v) is 4.05. The van der Waals surface area contributed by atoms with Gasteiger partial charge >= 0.3 is 5.97 Å². The minimum atomic E-state index is -0.547. The lowest BCUT2D eigenvalue weighted by Crippen LogP contribution is -2.21. The Kier molecular flexibility index (Phi) is 6.38. The van der Waals surface area contributed by atoms with Gasteiger partial charge in [0, 0.05) is 16.1 Å². The molecule has 0 spiro atoms. The van der Waals surface area contributed by atoms with Gasteiger partial charge in [-0.1, -0.05) is 40.2 Å². The van der Waals surface area contributed by atoms with Gasteiger partial charge in [-0.15, -0.1) is 0 Å². The van der Waals surface area contributed by atoms with Gasteiger partial charge in [0.2, 0.25) is 5.88 Å². The van der Waals surface area contributed by atoms with Crippen LogP contribution in [0.2, 0.25) is 0 Å². The van der Waals surface area contributed by atoms with Crippen LogP contribution in [-0.2, 0) is 4.79 Å². The molecule has 6 nitrogen and oxygen atoms in total. The van der Waals surface area contributed by atoms with Crippen molar-refractivity contribution in [3.05, 3.63) is 98.8 Å². The largest absolute Gasteiger partial charge is 0.482 e. The van der Waals surface area contributed by atoms with Crippen LogP contribution in [0.15, 0.2) is 76.6 Å². The number of halogens is 1. The summed E-state index contributed by atoms with van der Waals surface area (Å²) in [5.41, 5.74) is 10.2. The number of carbonyl (C=O) groups is 1. The number of benzene rings is 3. The normalized spacial score (nSPS) is 14.7. The topological polar surface area (TPSA) is 94.6 Å². The molecule has 0 bridgehead atoms. The highest BCUT2D eigenvalue weighted by molar-refractivity contribution is 9.10. The average molecular weight is 505 g/mol. The summed E-state index contributed by atoms with van der Waals surface area (Å²) in [7, 11) is 0. The average Bonchev–Trinajstić information content (AvgIpc) is 2.79. The predicted molar refractivity (Wildman–Crippen MR) is 127 cm³/mol. The van der Waals surface area contributed by atoms with E-state index in [1.54, 1.807) is 18.2 Å². The molecule has 2 N–H and O–H groups in total. The molecule has 33 heavy (non-hydrogen) atoms. The number of nitrogens with two attached hydrogens (primary N) is 1. The molecule has 1 heterocycles. The van der Waals surface area contributed by atoms with Crippen LogP contribution in [0.3, 0.4) is 0 Å². The third kappa shape index (κ3) is 4.86. The summed E-state index contributed by atoms with van der Waals surface area (Å²) >= 11 is 3.47. The molecule has 0 saturated heterocycles. The summed E-state index contributed by atoms with van der Waals surface area (Å²) in [6, 6.07) is 20.5. The Balaban J connectivity index is 1.53. The summed E-state index contributed by atoms with van der Waals surface area (Å²) in [4.78, 5) is 12.3. The van der Waals surface area contributed by atoms with Gasteiger partial charge < -0.3 is 19.9 Å². The van der Waals surface area contributed by atoms with Crippen LogP contribution < -0.4 is 19.9 Å². The van der Waals surface area contributed by atoms with Crippen LogP contribution in [0.1, 0.15) is 28.2 Å². The summed E-state index contributed by atoms with van der Waals surface area (Å²) in [5, 5.41) is 9.68. The fraction of sp³-hybridized carbons (Fsp3) is 0.154. The van der Waals surface area contributed by atoms with Crippen molar-refractivity contribution in [2.24, 2.45) is 5.73 Å². The molecular weight excluding hydrogens is 484 g/mol. The predicted octanol–water partition coefficient (Wildman–Crippen LogP) is 5.27. The van der Waals surface area contributed by atoms with E-state index in [0.717, 1.165) is 26.7 Å². The third-order valence-corrected chi connectivity index (χ3v) is 5.93. The van der Waals surface area contributed by atoms with E-state index in [1.165, 1.54) is 0 Å². The molecule has 1 unspecified atom stereocenters. The molecule has 7 heteroatoms. The van der Waals surface area contributed by atoms with Crippen molar-refractivity contribution in [2.75, 3.05) is 6.61 Å². The number of carbonyl (C=O) groups excluding carboxylic acids is 1. The summed E-state index contributed by atoms with van der Waals surface area (Å²) < 4.78 is 17.6. The Morgan fingerprint density at radius 3 is 2.61 bits per heavy atom. The maximum Gasteiger partial charge on any atom is 0.349 e. The number of hydrogen-bond acceptors (Lipinski definition) is 6. The van der Waals surface area contributed by atoms with E-state index >= 15 is 0 Å². The molecule has 0 saturated carbocycles. The Bertz CT molecular complexity index is 1310. The second-order valence-corrected chi connectivity index (χ2v) is 8.60. The number of ether oxygens (including phenoxy) is 3. The van der Waals surface area contributed by atoms with Crippen molar-refractivity contribution in [1.29, 1.82) is 5.26 Å². The molecule has 0 aromatic heterocycles. The Morgan fingerprint density at radius 1 is 1.09 bits per heavy atom. The second-order valence-electron chi connectivity index (χ2n) is 7.69. The molecule has 0 radical (unpaired) electrons. The molecule has 166 valence electrons. The zero-order valence-corrected chi connectivity index (χ0v) is 19.7. The second kappa shape index (κ2) is 9.39. The highest BCUT2D eigenvalue weighted by Gasteiger charge is 2.31. The van der Waals surface area contributed by atoms with E-state index in [-0.39, 0.29) is 12.5 Å². The van der Waals surface area contributed by atoms with Crippen LogP contribution in [0.25, 0.3) is 0 Å². The smallest absolute Gasteiger partial charge is 0.349 e. The molecule has 1 aliphatic rings. The number of hydrogen-bond donors (Lipinski definition) is 1. The maximum absolute atomic E-state index is 12.3. The van der Waals surface area contributed by atoms with Crippen LogP contribution in [0, 0.1) is 25.2 Å². The number of rotatable bonds is 5. The van der Waals surface area contributed by atoms with Gasteiger partial charge in [0.1, 0.15) is 28.9 Å². The summed E-state index contributed by atoms with van der Waals surface area (Å²) in [5.74, 6) is 0.405. The number of esters is 1. The summed E-state index contributed by atoms with van der Waals surface area (Å²) in [6.45, 7) is 3.75. The van der Waals surface area contributed by atoms with Crippen molar-refractivity contribution in [1.82, 2.24) is 0 Å². The van der Waals surface area contributed by atoms with Crippen molar-refractivity contribution in [3.8, 4) is 23.3 Å². The molecular formula is C26H21BrN2O4. The number of allylic oxidation sites excluding steroid dienone is 1. The zero-order valence-electron chi connectivity index (χ0n) is 18.1. The lowest BCUT2D eigenvalue weighted by atomic mass is 9.83. The first kappa shape index (κ1) is 22.4. The number of fused-ring (bicyclic) bond motifs is 1. The van der Waals surface area contributed by atoms with Crippen molar-refractivity contribution in [3.63, 3.8) is 0 Å². The van der Waals surface area contributed by atoms with E-state index in [4.69, 9.17) is 19.9 Å². The number of aryl methyl sites for hydroxylation is 2. The van der Waals surface area contributed by atoms with Gasteiger partial charge in [0.05, 0.1) is 5.92 Å². The first-order valence-electron chi connectivity index (χ1n) is 10.2. The van der Waals surface area contributed by atoms with Gasteiger partial charge in [0.15, 0.2) is 6.61 Å². The Morgan fingerprint density at radius 2 is 1.88 bits per heavy atom. The van der Waals surface area contributed by atoms with Gasteiger partial charge in [-0.2, -0.15) is 5.26 Å². The Labute approximate surface area is 200 Å². The van der Waals surface area contributed by atoms with E-state index in [0.29, 0.717) is 22.8 Å². The number of nitrogens with zero attached hydrogens (tertiary/aromatic N) is 1. The van der Waals surface area contributed by atoms with Crippen molar-refractivity contribution in [2.45, 2.75) is 19.8 Å². The van der Waals surface area contributed by atoms with Gasteiger partial charge in [-0.3, -0.25) is 0 Å². The fourth-order valence-electron chi connectivity index (χ4n) is 3.64. The van der Waals surface area contributed by atoms with Gasteiger partial charge in [-0.25, -0.2) is 4.79 Å². The molecule has 1 atom stereocenters. The van der Waals surface area contributed by atoms with E-state index in [9.17, 15) is 10.1 Å². The lowest BCUT2D eigenvalue weighted by molar-refractivity contribution is -0.136. The maximum atomic E-state index is 12.3. The van der Waals surface area contributed by atoms with Crippen molar-refractivity contribution < 1.29 is 19.0 Å². The lowest BCUT2D eigenvalue weighted by Gasteiger charge is -2.26. The molecule has 0 aliphatic carbocycles. The highest BCUT2D eigenvalue weighted by atomic mass is 79.9. The van der Waals surface area contributed by atoms with E-state index < -0.39 is 11.9 Å². The van der Waals surface area contributed by atoms with Gasteiger partial charge in [0.25, 0.3) is 0 Å². The molecule has 3 aromatic rings. The molecule has 0 fully saturated rings.